The minimum Gasteiger partial charge on any atom is -0.374 e. The van der Waals surface area contributed by atoms with E-state index in [1.54, 1.807) is 6.92 Å². The quantitative estimate of drug-likeness (QED) is 0.560. The zero-order chi connectivity index (χ0) is 8.43. The van der Waals surface area contributed by atoms with E-state index in [1.165, 1.54) is 4.90 Å². The smallest absolute Gasteiger partial charge is 0.250 e. The van der Waals surface area contributed by atoms with Crippen LogP contribution in [0.1, 0.15) is 19.8 Å². The van der Waals surface area contributed by atoms with E-state index in [-0.39, 0.29) is 5.91 Å². The van der Waals surface area contributed by atoms with Gasteiger partial charge in [0.1, 0.15) is 6.23 Å². The van der Waals surface area contributed by atoms with Crippen LogP contribution in [-0.2, 0) is 4.79 Å². The van der Waals surface area contributed by atoms with Gasteiger partial charge in [0.25, 0.3) is 5.91 Å². The molecule has 1 saturated heterocycles. The van der Waals surface area contributed by atoms with Crippen molar-refractivity contribution in [2.24, 2.45) is 0 Å². The van der Waals surface area contributed by atoms with Crippen molar-refractivity contribution >= 4 is 5.91 Å². The number of hydrogen-bond donors (Lipinski definition) is 1. The van der Waals surface area contributed by atoms with E-state index in [2.05, 4.69) is 6.58 Å². The van der Waals surface area contributed by atoms with Crippen LogP contribution < -0.4 is 0 Å². The van der Waals surface area contributed by atoms with Gasteiger partial charge in [-0.15, -0.1) is 0 Å². The van der Waals surface area contributed by atoms with Crippen molar-refractivity contribution in [3.63, 3.8) is 0 Å². The van der Waals surface area contributed by atoms with Gasteiger partial charge in [0.05, 0.1) is 0 Å². The molecule has 0 radical (unpaired) electrons. The first kappa shape index (κ1) is 8.27. The highest BCUT2D eigenvalue weighted by atomic mass is 16.3. The van der Waals surface area contributed by atoms with Crippen molar-refractivity contribution in [3.8, 4) is 0 Å². The molecule has 1 atom stereocenters. The van der Waals surface area contributed by atoms with Gasteiger partial charge in [0.15, 0.2) is 0 Å². The molecule has 62 valence electrons. The standard InChI is InChI=1S/C8H13NO2/c1-6(2)8(11)9-5-3-4-7(9)10/h7,10H,1,3-5H2,2H3. The maximum atomic E-state index is 11.2. The van der Waals surface area contributed by atoms with Gasteiger partial charge in [-0.1, -0.05) is 6.58 Å². The highest BCUT2D eigenvalue weighted by Crippen LogP contribution is 2.16. The number of amides is 1. The number of carbonyl (C=O) groups excluding carboxylic acids is 1. The summed E-state index contributed by atoms with van der Waals surface area (Å²) in [7, 11) is 0. The summed E-state index contributed by atoms with van der Waals surface area (Å²) in [5.41, 5.74) is 0.492. The van der Waals surface area contributed by atoms with Crippen LogP contribution in [0.4, 0.5) is 0 Å². The van der Waals surface area contributed by atoms with Gasteiger partial charge in [0.2, 0.25) is 0 Å². The second-order valence-electron chi connectivity index (χ2n) is 2.90. The van der Waals surface area contributed by atoms with Gasteiger partial charge in [-0.2, -0.15) is 0 Å². The molecule has 0 aliphatic carbocycles. The molecule has 0 spiro atoms. The van der Waals surface area contributed by atoms with Gasteiger partial charge in [-0.25, -0.2) is 0 Å². The Balaban J connectivity index is 2.60. The lowest BCUT2D eigenvalue weighted by Gasteiger charge is -2.19. The summed E-state index contributed by atoms with van der Waals surface area (Å²) in [5.74, 6) is -0.130. The molecule has 3 heteroatoms. The highest BCUT2D eigenvalue weighted by molar-refractivity contribution is 5.92. The maximum absolute atomic E-state index is 11.2. The van der Waals surface area contributed by atoms with Crippen molar-refractivity contribution in [2.75, 3.05) is 6.54 Å². The average molecular weight is 155 g/mol. The van der Waals surface area contributed by atoms with Gasteiger partial charge in [-0.05, 0) is 19.8 Å². The molecule has 0 aromatic heterocycles. The highest BCUT2D eigenvalue weighted by Gasteiger charge is 2.26. The Bertz CT molecular complexity index is 189. The number of aliphatic hydroxyl groups is 1. The first-order valence-corrected chi connectivity index (χ1v) is 3.77. The number of carbonyl (C=O) groups is 1. The molecule has 1 N–H and O–H groups in total. The van der Waals surface area contributed by atoms with Crippen LogP contribution in [-0.4, -0.2) is 28.7 Å². The molecule has 0 aromatic rings. The number of rotatable bonds is 1. The Morgan fingerprint density at radius 1 is 1.73 bits per heavy atom. The van der Waals surface area contributed by atoms with Gasteiger partial charge in [0, 0.05) is 12.1 Å². The molecular formula is C8H13NO2. The fraction of sp³-hybridized carbons (Fsp3) is 0.625. The molecule has 0 aromatic carbocycles. The fourth-order valence-corrected chi connectivity index (χ4v) is 1.23. The first-order chi connectivity index (χ1) is 5.13. The van der Waals surface area contributed by atoms with Crippen LogP contribution in [0, 0.1) is 0 Å². The van der Waals surface area contributed by atoms with Crippen molar-refractivity contribution in [1.82, 2.24) is 4.90 Å². The maximum Gasteiger partial charge on any atom is 0.250 e. The van der Waals surface area contributed by atoms with Gasteiger partial charge in [-0.3, -0.25) is 4.79 Å². The topological polar surface area (TPSA) is 40.5 Å². The van der Waals surface area contributed by atoms with Crippen LogP contribution in [0.5, 0.6) is 0 Å². The lowest BCUT2D eigenvalue weighted by Crippen LogP contribution is -2.35. The second-order valence-corrected chi connectivity index (χ2v) is 2.90. The molecule has 1 amide bonds. The lowest BCUT2D eigenvalue weighted by atomic mass is 10.3. The Morgan fingerprint density at radius 2 is 2.36 bits per heavy atom. The van der Waals surface area contributed by atoms with E-state index in [9.17, 15) is 9.90 Å². The summed E-state index contributed by atoms with van der Waals surface area (Å²) < 4.78 is 0. The summed E-state index contributed by atoms with van der Waals surface area (Å²) in [6.45, 7) is 5.85. The Hall–Kier alpha value is -0.830. The van der Waals surface area contributed by atoms with Crippen LogP contribution in [0.2, 0.25) is 0 Å². The van der Waals surface area contributed by atoms with Gasteiger partial charge < -0.3 is 10.0 Å². The fourth-order valence-electron chi connectivity index (χ4n) is 1.23. The number of nitrogens with zero attached hydrogens (tertiary/aromatic N) is 1. The molecule has 1 fully saturated rings. The minimum absolute atomic E-state index is 0.130. The summed E-state index contributed by atoms with van der Waals surface area (Å²) in [5, 5.41) is 9.27. The van der Waals surface area contributed by atoms with E-state index in [0.29, 0.717) is 18.5 Å². The largest absolute Gasteiger partial charge is 0.374 e. The second kappa shape index (κ2) is 3.05. The third-order valence-electron chi connectivity index (χ3n) is 1.85. The molecule has 1 heterocycles. The third-order valence-corrected chi connectivity index (χ3v) is 1.85. The third kappa shape index (κ3) is 1.60. The number of aliphatic hydroxyl groups excluding tert-OH is 1. The van der Waals surface area contributed by atoms with E-state index in [1.807, 2.05) is 0 Å². The minimum atomic E-state index is -0.584. The van der Waals surface area contributed by atoms with Gasteiger partial charge >= 0.3 is 0 Å². The predicted octanol–water partition coefficient (Wildman–Crippen LogP) is 0.503. The first-order valence-electron chi connectivity index (χ1n) is 3.77. The monoisotopic (exact) mass is 155 g/mol. The van der Waals surface area contributed by atoms with Crippen molar-refractivity contribution in [1.29, 1.82) is 0 Å². The molecule has 3 nitrogen and oxygen atoms in total. The van der Waals surface area contributed by atoms with E-state index in [0.717, 1.165) is 6.42 Å². The van der Waals surface area contributed by atoms with E-state index in [4.69, 9.17) is 0 Å². The molecular weight excluding hydrogens is 142 g/mol. The Kier molecular flexibility index (Phi) is 2.29. The number of hydrogen-bond acceptors (Lipinski definition) is 2. The molecule has 1 aliphatic rings. The van der Waals surface area contributed by atoms with Crippen LogP contribution in [0.25, 0.3) is 0 Å². The summed E-state index contributed by atoms with van der Waals surface area (Å²) in [6.07, 6.45) is 0.998. The van der Waals surface area contributed by atoms with E-state index >= 15 is 0 Å². The normalized spacial score (nSPS) is 23.8. The lowest BCUT2D eigenvalue weighted by molar-refractivity contribution is -0.133. The molecule has 1 aliphatic heterocycles. The molecule has 0 bridgehead atoms. The zero-order valence-electron chi connectivity index (χ0n) is 6.71. The zero-order valence-corrected chi connectivity index (χ0v) is 6.71. The predicted molar refractivity (Wildman–Crippen MR) is 41.8 cm³/mol. The number of likely N-dealkylation sites (tertiary alicyclic amines) is 1. The van der Waals surface area contributed by atoms with Crippen molar-refractivity contribution in [3.05, 3.63) is 12.2 Å². The Morgan fingerprint density at radius 3 is 2.73 bits per heavy atom. The molecule has 1 rings (SSSR count). The summed E-state index contributed by atoms with van der Waals surface area (Å²) in [4.78, 5) is 12.7. The van der Waals surface area contributed by atoms with Crippen LogP contribution in [0.15, 0.2) is 12.2 Å². The summed E-state index contributed by atoms with van der Waals surface area (Å²) >= 11 is 0. The average Bonchev–Trinajstić information content (AvgIpc) is 2.33. The summed E-state index contributed by atoms with van der Waals surface area (Å²) in [6, 6.07) is 0. The van der Waals surface area contributed by atoms with E-state index < -0.39 is 6.23 Å². The van der Waals surface area contributed by atoms with Crippen LogP contribution in [0.3, 0.4) is 0 Å². The SMILES string of the molecule is C=C(C)C(=O)N1CCCC1O. The Labute approximate surface area is 66.3 Å². The van der Waals surface area contributed by atoms with Crippen molar-refractivity contribution in [2.45, 2.75) is 26.0 Å². The van der Waals surface area contributed by atoms with Crippen molar-refractivity contribution < 1.29 is 9.90 Å². The molecule has 11 heavy (non-hydrogen) atoms. The van der Waals surface area contributed by atoms with Crippen LogP contribution >= 0.6 is 0 Å². The molecule has 1 unspecified atom stereocenters. The molecule has 0 saturated carbocycles.